The molecule has 18 heavy (non-hydrogen) atoms. The highest BCUT2D eigenvalue weighted by Gasteiger charge is 2.11. The summed E-state index contributed by atoms with van der Waals surface area (Å²) in [6, 6.07) is 13.9. The molecule has 0 aliphatic rings. The van der Waals surface area contributed by atoms with Gasteiger partial charge in [-0.25, -0.2) is 0 Å². The molecule has 0 aliphatic heterocycles. The third-order valence-electron chi connectivity index (χ3n) is 2.94. The molecule has 0 atom stereocenters. The average molecular weight is 242 g/mol. The molecule has 3 heteroatoms. The number of likely N-dealkylation sites (N-methyl/N-ethyl adjacent to an activating group) is 1. The molecule has 94 valence electrons. The summed E-state index contributed by atoms with van der Waals surface area (Å²) in [6.45, 7) is 1.23. The lowest BCUT2D eigenvalue weighted by molar-refractivity contribution is 0.0935. The zero-order chi connectivity index (χ0) is 13.0. The van der Waals surface area contributed by atoms with Gasteiger partial charge in [0, 0.05) is 19.8 Å². The fourth-order valence-corrected chi connectivity index (χ4v) is 2.03. The second-order valence-electron chi connectivity index (χ2n) is 4.59. The fourth-order valence-electron chi connectivity index (χ4n) is 2.03. The molecule has 0 saturated carbocycles. The van der Waals surface area contributed by atoms with Gasteiger partial charge in [0.25, 0.3) is 0 Å². The van der Waals surface area contributed by atoms with Crippen LogP contribution in [0.2, 0.25) is 0 Å². The molecule has 0 spiro atoms. The van der Waals surface area contributed by atoms with Crippen LogP contribution in [0, 0.1) is 0 Å². The number of carbonyl (C=O) groups is 1. The van der Waals surface area contributed by atoms with Gasteiger partial charge in [0.05, 0.1) is 12.2 Å². The molecule has 0 unspecified atom stereocenters. The highest BCUT2D eigenvalue weighted by Crippen LogP contribution is 2.05. The van der Waals surface area contributed by atoms with Crippen molar-refractivity contribution in [2.75, 3.05) is 13.6 Å². The second kappa shape index (κ2) is 5.65. The molecule has 1 heterocycles. The highest BCUT2D eigenvalue weighted by atomic mass is 16.1. The molecule has 0 bridgehead atoms. The Morgan fingerprint density at radius 2 is 1.89 bits per heavy atom. The molecular weight excluding hydrogens is 224 g/mol. The highest BCUT2D eigenvalue weighted by molar-refractivity contribution is 5.96. The number of aryl methyl sites for hydroxylation is 1. The molecule has 1 aromatic heterocycles. The molecule has 2 rings (SSSR count). The minimum atomic E-state index is 0.154. The minimum absolute atomic E-state index is 0.154. The van der Waals surface area contributed by atoms with Crippen LogP contribution in [0.1, 0.15) is 16.1 Å². The second-order valence-corrected chi connectivity index (χ2v) is 4.59. The van der Waals surface area contributed by atoms with Crippen LogP contribution < -0.4 is 0 Å². The maximum Gasteiger partial charge on any atom is 0.193 e. The van der Waals surface area contributed by atoms with Crippen LogP contribution in [0.4, 0.5) is 0 Å². The fraction of sp³-hybridized carbons (Fsp3) is 0.267. The first-order valence-electron chi connectivity index (χ1n) is 6.04. The van der Waals surface area contributed by atoms with E-state index in [4.69, 9.17) is 0 Å². The van der Waals surface area contributed by atoms with Gasteiger partial charge in [-0.1, -0.05) is 30.3 Å². The van der Waals surface area contributed by atoms with Crippen molar-refractivity contribution in [2.45, 2.75) is 6.54 Å². The lowest BCUT2D eigenvalue weighted by Gasteiger charge is -2.15. The molecule has 3 nitrogen and oxygen atoms in total. The van der Waals surface area contributed by atoms with Crippen molar-refractivity contribution in [2.24, 2.45) is 7.05 Å². The zero-order valence-electron chi connectivity index (χ0n) is 10.8. The standard InChI is InChI=1S/C15H18N2O/c1-16(11-13-7-4-3-5-8-13)12-15(18)14-9-6-10-17(14)2/h3-10H,11-12H2,1-2H3. The first-order valence-corrected chi connectivity index (χ1v) is 6.04. The molecule has 2 aromatic rings. The predicted octanol–water partition coefficient (Wildman–Crippen LogP) is 2.34. The Kier molecular flexibility index (Phi) is 3.95. The first kappa shape index (κ1) is 12.6. The molecule has 0 N–H and O–H groups in total. The number of ketones is 1. The molecule has 0 saturated heterocycles. The van der Waals surface area contributed by atoms with Crippen molar-refractivity contribution in [3.8, 4) is 0 Å². The number of benzene rings is 1. The van der Waals surface area contributed by atoms with E-state index in [1.54, 1.807) is 0 Å². The summed E-state index contributed by atoms with van der Waals surface area (Å²) in [4.78, 5) is 14.1. The van der Waals surface area contributed by atoms with Crippen LogP contribution in [-0.4, -0.2) is 28.8 Å². The first-order chi connectivity index (χ1) is 8.66. The smallest absolute Gasteiger partial charge is 0.193 e. The summed E-state index contributed by atoms with van der Waals surface area (Å²) in [5.74, 6) is 0.154. The Morgan fingerprint density at radius 3 is 2.50 bits per heavy atom. The minimum Gasteiger partial charge on any atom is -0.348 e. The van der Waals surface area contributed by atoms with Crippen molar-refractivity contribution in [3.05, 3.63) is 59.9 Å². The topological polar surface area (TPSA) is 25.2 Å². The monoisotopic (exact) mass is 242 g/mol. The van der Waals surface area contributed by atoms with Crippen LogP contribution >= 0.6 is 0 Å². The van der Waals surface area contributed by atoms with Gasteiger partial charge in [0.1, 0.15) is 0 Å². The molecule has 1 aromatic carbocycles. The van der Waals surface area contributed by atoms with Crippen LogP contribution in [0.3, 0.4) is 0 Å². The number of nitrogens with zero attached hydrogens (tertiary/aromatic N) is 2. The van der Waals surface area contributed by atoms with E-state index in [9.17, 15) is 4.79 Å². The lowest BCUT2D eigenvalue weighted by atomic mass is 10.2. The van der Waals surface area contributed by atoms with Gasteiger partial charge in [-0.15, -0.1) is 0 Å². The SMILES string of the molecule is CN(CC(=O)c1cccn1C)Cc1ccccc1. The predicted molar refractivity (Wildman–Crippen MR) is 72.5 cm³/mol. The van der Waals surface area contributed by atoms with E-state index < -0.39 is 0 Å². The van der Waals surface area contributed by atoms with Gasteiger partial charge in [-0.05, 0) is 24.7 Å². The Balaban J connectivity index is 1.94. The maximum atomic E-state index is 12.1. The Hall–Kier alpha value is -1.87. The van der Waals surface area contributed by atoms with Crippen molar-refractivity contribution in [3.63, 3.8) is 0 Å². The normalized spacial score (nSPS) is 10.8. The molecule has 0 aliphatic carbocycles. The van der Waals surface area contributed by atoms with Crippen LogP contribution in [0.15, 0.2) is 48.7 Å². The van der Waals surface area contributed by atoms with Crippen LogP contribution in [0.25, 0.3) is 0 Å². The van der Waals surface area contributed by atoms with E-state index in [1.807, 2.05) is 60.1 Å². The summed E-state index contributed by atoms with van der Waals surface area (Å²) < 4.78 is 1.86. The Bertz CT molecular complexity index is 516. The molecular formula is C15H18N2O. The van der Waals surface area contributed by atoms with Crippen LogP contribution in [-0.2, 0) is 13.6 Å². The van der Waals surface area contributed by atoms with E-state index in [0.717, 1.165) is 12.2 Å². The van der Waals surface area contributed by atoms with E-state index >= 15 is 0 Å². The summed E-state index contributed by atoms with van der Waals surface area (Å²) in [5, 5.41) is 0. The van der Waals surface area contributed by atoms with Gasteiger partial charge < -0.3 is 4.57 Å². The summed E-state index contributed by atoms with van der Waals surface area (Å²) in [6.07, 6.45) is 1.89. The van der Waals surface area contributed by atoms with Gasteiger partial charge >= 0.3 is 0 Å². The van der Waals surface area contributed by atoms with Crippen molar-refractivity contribution < 1.29 is 4.79 Å². The summed E-state index contributed by atoms with van der Waals surface area (Å²) in [7, 11) is 3.86. The van der Waals surface area contributed by atoms with Crippen LogP contribution in [0.5, 0.6) is 0 Å². The number of carbonyl (C=O) groups excluding carboxylic acids is 1. The quantitative estimate of drug-likeness (QED) is 0.752. The Morgan fingerprint density at radius 1 is 1.17 bits per heavy atom. The summed E-state index contributed by atoms with van der Waals surface area (Å²) >= 11 is 0. The number of hydrogen-bond acceptors (Lipinski definition) is 2. The largest absolute Gasteiger partial charge is 0.348 e. The van der Waals surface area contributed by atoms with Gasteiger partial charge in [0.2, 0.25) is 0 Å². The summed E-state index contributed by atoms with van der Waals surface area (Å²) in [5.41, 5.74) is 1.98. The van der Waals surface area contributed by atoms with E-state index in [0.29, 0.717) is 6.54 Å². The number of aromatic nitrogens is 1. The van der Waals surface area contributed by atoms with Gasteiger partial charge in [-0.3, -0.25) is 9.69 Å². The Labute approximate surface area is 108 Å². The third-order valence-corrected chi connectivity index (χ3v) is 2.94. The lowest BCUT2D eigenvalue weighted by Crippen LogP contribution is -2.26. The number of Topliss-reactive ketones (excluding diaryl/α,β-unsaturated/α-hetero) is 1. The molecule has 0 fully saturated rings. The maximum absolute atomic E-state index is 12.1. The third kappa shape index (κ3) is 3.08. The van der Waals surface area contributed by atoms with E-state index in [-0.39, 0.29) is 5.78 Å². The number of hydrogen-bond donors (Lipinski definition) is 0. The zero-order valence-corrected chi connectivity index (χ0v) is 10.8. The average Bonchev–Trinajstić information content (AvgIpc) is 2.76. The molecule has 0 amide bonds. The van der Waals surface area contributed by atoms with E-state index in [2.05, 4.69) is 12.1 Å². The molecule has 0 radical (unpaired) electrons. The van der Waals surface area contributed by atoms with E-state index in [1.165, 1.54) is 5.56 Å². The van der Waals surface area contributed by atoms with Crippen molar-refractivity contribution in [1.82, 2.24) is 9.47 Å². The van der Waals surface area contributed by atoms with Crippen molar-refractivity contribution >= 4 is 5.78 Å². The van der Waals surface area contributed by atoms with Gasteiger partial charge in [-0.2, -0.15) is 0 Å². The van der Waals surface area contributed by atoms with Crippen molar-refractivity contribution in [1.29, 1.82) is 0 Å². The number of rotatable bonds is 5. The van der Waals surface area contributed by atoms with Gasteiger partial charge in [0.15, 0.2) is 5.78 Å².